The van der Waals surface area contributed by atoms with Crippen LogP contribution >= 0.6 is 11.6 Å². The van der Waals surface area contributed by atoms with Gasteiger partial charge in [0.2, 0.25) is 0 Å². The summed E-state index contributed by atoms with van der Waals surface area (Å²) >= 11 is 5.97. The van der Waals surface area contributed by atoms with Crippen molar-refractivity contribution in [3.05, 3.63) is 64.7 Å². The zero-order valence-corrected chi connectivity index (χ0v) is 14.5. The molecule has 24 heavy (non-hydrogen) atoms. The summed E-state index contributed by atoms with van der Waals surface area (Å²) in [6.45, 7) is 4.11. The molecular formula is C19H21ClN2O2. The van der Waals surface area contributed by atoms with Crippen molar-refractivity contribution in [2.24, 2.45) is 0 Å². The summed E-state index contributed by atoms with van der Waals surface area (Å²) in [4.78, 5) is 16.8. The number of amides is 1. The Kier molecular flexibility index (Phi) is 5.38. The first-order valence-corrected chi connectivity index (χ1v) is 8.43. The predicted molar refractivity (Wildman–Crippen MR) is 95.6 cm³/mol. The Hall–Kier alpha value is -2.04. The van der Waals surface area contributed by atoms with Crippen LogP contribution in [-0.2, 0) is 6.54 Å². The molecule has 1 aliphatic heterocycles. The van der Waals surface area contributed by atoms with E-state index in [-0.39, 0.29) is 5.91 Å². The van der Waals surface area contributed by atoms with E-state index in [1.807, 2.05) is 29.2 Å². The van der Waals surface area contributed by atoms with Crippen LogP contribution in [0.2, 0.25) is 5.02 Å². The maximum Gasteiger partial charge on any atom is 0.253 e. The van der Waals surface area contributed by atoms with Gasteiger partial charge in [-0.25, -0.2) is 0 Å². The Bertz CT molecular complexity index is 695. The molecule has 0 aliphatic carbocycles. The largest absolute Gasteiger partial charge is 0.497 e. The van der Waals surface area contributed by atoms with Crippen molar-refractivity contribution in [2.75, 3.05) is 33.3 Å². The number of methoxy groups -OCH3 is 1. The summed E-state index contributed by atoms with van der Waals surface area (Å²) < 4.78 is 5.18. The van der Waals surface area contributed by atoms with Crippen molar-refractivity contribution in [3.8, 4) is 5.75 Å². The van der Waals surface area contributed by atoms with Crippen LogP contribution in [0.25, 0.3) is 0 Å². The molecule has 0 bridgehead atoms. The van der Waals surface area contributed by atoms with Crippen LogP contribution < -0.4 is 4.74 Å². The van der Waals surface area contributed by atoms with Crippen molar-refractivity contribution in [3.63, 3.8) is 0 Å². The van der Waals surface area contributed by atoms with Gasteiger partial charge in [0.1, 0.15) is 5.75 Å². The van der Waals surface area contributed by atoms with E-state index in [0.29, 0.717) is 10.6 Å². The van der Waals surface area contributed by atoms with Crippen LogP contribution in [-0.4, -0.2) is 49.0 Å². The summed E-state index contributed by atoms with van der Waals surface area (Å²) in [7, 11) is 1.67. The molecule has 2 aromatic rings. The highest BCUT2D eigenvalue weighted by molar-refractivity contribution is 6.30. The Balaban J connectivity index is 1.54. The molecule has 0 radical (unpaired) electrons. The van der Waals surface area contributed by atoms with Crippen LogP contribution in [0.3, 0.4) is 0 Å². The van der Waals surface area contributed by atoms with E-state index in [2.05, 4.69) is 17.0 Å². The second-order valence-electron chi connectivity index (χ2n) is 5.93. The fourth-order valence-corrected chi connectivity index (χ4v) is 3.09. The summed E-state index contributed by atoms with van der Waals surface area (Å²) in [6, 6.07) is 15.3. The molecule has 0 N–H and O–H groups in total. The standard InChI is InChI=1S/C19H21ClN2O2/c1-24-18-7-5-15(6-8-18)14-21-9-11-22(12-10-21)19(23)16-3-2-4-17(20)13-16/h2-8,13H,9-12,14H2,1H3. The van der Waals surface area contributed by atoms with Gasteiger partial charge in [0.15, 0.2) is 0 Å². The lowest BCUT2D eigenvalue weighted by molar-refractivity contribution is 0.0628. The summed E-state index contributed by atoms with van der Waals surface area (Å²) in [5.41, 5.74) is 1.91. The average Bonchev–Trinajstić information content (AvgIpc) is 2.62. The van der Waals surface area contributed by atoms with Crippen LogP contribution in [0, 0.1) is 0 Å². The van der Waals surface area contributed by atoms with Crippen LogP contribution in [0.5, 0.6) is 5.75 Å². The number of benzene rings is 2. The third-order valence-electron chi connectivity index (χ3n) is 4.30. The first kappa shape index (κ1) is 16.8. The summed E-state index contributed by atoms with van der Waals surface area (Å²) in [5.74, 6) is 0.928. The molecule has 126 valence electrons. The molecular weight excluding hydrogens is 324 g/mol. The van der Waals surface area contributed by atoms with E-state index < -0.39 is 0 Å². The molecule has 1 amide bonds. The molecule has 0 unspecified atom stereocenters. The monoisotopic (exact) mass is 344 g/mol. The van der Waals surface area contributed by atoms with E-state index in [1.54, 1.807) is 19.2 Å². The van der Waals surface area contributed by atoms with Gasteiger partial charge in [-0.3, -0.25) is 9.69 Å². The molecule has 5 heteroatoms. The highest BCUT2D eigenvalue weighted by Crippen LogP contribution is 2.16. The van der Waals surface area contributed by atoms with Gasteiger partial charge in [0, 0.05) is 43.3 Å². The van der Waals surface area contributed by atoms with E-state index in [9.17, 15) is 4.79 Å². The van der Waals surface area contributed by atoms with Crippen molar-refractivity contribution in [1.82, 2.24) is 9.80 Å². The number of hydrogen-bond donors (Lipinski definition) is 0. The molecule has 0 saturated carbocycles. The number of nitrogens with zero attached hydrogens (tertiary/aromatic N) is 2. The van der Waals surface area contributed by atoms with Crippen LogP contribution in [0.4, 0.5) is 0 Å². The first-order chi connectivity index (χ1) is 11.7. The SMILES string of the molecule is COc1ccc(CN2CCN(C(=O)c3cccc(Cl)c3)CC2)cc1. The Labute approximate surface area is 147 Å². The Morgan fingerprint density at radius 1 is 1.08 bits per heavy atom. The van der Waals surface area contributed by atoms with E-state index in [0.717, 1.165) is 38.5 Å². The normalized spacial score (nSPS) is 15.3. The van der Waals surface area contributed by atoms with E-state index in [1.165, 1.54) is 5.56 Å². The minimum Gasteiger partial charge on any atom is -0.497 e. The van der Waals surface area contributed by atoms with Gasteiger partial charge in [-0.1, -0.05) is 29.8 Å². The number of hydrogen-bond acceptors (Lipinski definition) is 3. The average molecular weight is 345 g/mol. The second-order valence-corrected chi connectivity index (χ2v) is 6.36. The number of piperazine rings is 1. The molecule has 0 spiro atoms. The molecule has 1 saturated heterocycles. The summed E-state index contributed by atoms with van der Waals surface area (Å²) in [5, 5.41) is 0.596. The van der Waals surface area contributed by atoms with Gasteiger partial charge < -0.3 is 9.64 Å². The van der Waals surface area contributed by atoms with Gasteiger partial charge in [-0.05, 0) is 35.9 Å². The Morgan fingerprint density at radius 3 is 2.42 bits per heavy atom. The predicted octanol–water partition coefficient (Wildman–Crippen LogP) is 3.31. The van der Waals surface area contributed by atoms with Gasteiger partial charge in [0.25, 0.3) is 5.91 Å². The number of carbonyl (C=O) groups is 1. The van der Waals surface area contributed by atoms with Gasteiger partial charge in [0.05, 0.1) is 7.11 Å². The quantitative estimate of drug-likeness (QED) is 0.853. The molecule has 1 heterocycles. The minimum atomic E-state index is 0.0570. The van der Waals surface area contributed by atoms with Crippen molar-refractivity contribution in [1.29, 1.82) is 0 Å². The number of halogens is 1. The van der Waals surface area contributed by atoms with E-state index >= 15 is 0 Å². The molecule has 0 aromatic heterocycles. The smallest absolute Gasteiger partial charge is 0.253 e. The number of carbonyl (C=O) groups excluding carboxylic acids is 1. The second kappa shape index (κ2) is 7.69. The van der Waals surface area contributed by atoms with Crippen molar-refractivity contribution in [2.45, 2.75) is 6.54 Å². The molecule has 3 rings (SSSR count). The van der Waals surface area contributed by atoms with Gasteiger partial charge >= 0.3 is 0 Å². The van der Waals surface area contributed by atoms with Crippen molar-refractivity contribution >= 4 is 17.5 Å². The lowest BCUT2D eigenvalue weighted by Crippen LogP contribution is -2.48. The number of ether oxygens (including phenoxy) is 1. The first-order valence-electron chi connectivity index (χ1n) is 8.06. The summed E-state index contributed by atoms with van der Waals surface area (Å²) in [6.07, 6.45) is 0. The maximum atomic E-state index is 12.5. The van der Waals surface area contributed by atoms with Gasteiger partial charge in [-0.2, -0.15) is 0 Å². The molecule has 4 nitrogen and oxygen atoms in total. The maximum absolute atomic E-state index is 12.5. The highest BCUT2D eigenvalue weighted by atomic mass is 35.5. The topological polar surface area (TPSA) is 32.8 Å². The molecule has 0 atom stereocenters. The lowest BCUT2D eigenvalue weighted by Gasteiger charge is -2.34. The molecule has 1 aliphatic rings. The van der Waals surface area contributed by atoms with E-state index in [4.69, 9.17) is 16.3 Å². The third-order valence-corrected chi connectivity index (χ3v) is 4.53. The molecule has 2 aromatic carbocycles. The fraction of sp³-hybridized carbons (Fsp3) is 0.316. The van der Waals surface area contributed by atoms with Crippen molar-refractivity contribution < 1.29 is 9.53 Å². The fourth-order valence-electron chi connectivity index (χ4n) is 2.90. The highest BCUT2D eigenvalue weighted by Gasteiger charge is 2.22. The zero-order valence-electron chi connectivity index (χ0n) is 13.7. The lowest BCUT2D eigenvalue weighted by atomic mass is 10.1. The number of rotatable bonds is 4. The van der Waals surface area contributed by atoms with Gasteiger partial charge in [-0.15, -0.1) is 0 Å². The zero-order chi connectivity index (χ0) is 16.9. The van der Waals surface area contributed by atoms with Crippen LogP contribution in [0.1, 0.15) is 15.9 Å². The minimum absolute atomic E-state index is 0.0570. The van der Waals surface area contributed by atoms with Crippen LogP contribution in [0.15, 0.2) is 48.5 Å². The third kappa shape index (κ3) is 4.08. The molecule has 1 fully saturated rings. The Morgan fingerprint density at radius 2 is 1.79 bits per heavy atom.